The van der Waals surface area contributed by atoms with Crippen LogP contribution in [0.1, 0.15) is 18.4 Å². The van der Waals surface area contributed by atoms with E-state index in [-0.39, 0.29) is 0 Å². The molecule has 0 saturated carbocycles. The molecule has 0 amide bonds. The zero-order valence-electron chi connectivity index (χ0n) is 27.1. The van der Waals surface area contributed by atoms with Crippen LogP contribution in [0.25, 0.3) is 87.6 Å². The van der Waals surface area contributed by atoms with E-state index >= 15 is 0 Å². The first-order valence-corrected chi connectivity index (χ1v) is 17.3. The molecule has 0 aliphatic heterocycles. The maximum Gasteiger partial charge on any atom is 0.0626 e. The smallest absolute Gasteiger partial charge is 0.0626 e. The van der Waals surface area contributed by atoms with Crippen LogP contribution in [0.3, 0.4) is 0 Å². The van der Waals surface area contributed by atoms with Crippen LogP contribution in [0.2, 0.25) is 0 Å². The van der Waals surface area contributed by atoms with Crippen LogP contribution in [-0.2, 0) is 0 Å². The molecule has 0 fully saturated rings. The van der Waals surface area contributed by atoms with Crippen molar-refractivity contribution >= 4 is 59.7 Å². The van der Waals surface area contributed by atoms with E-state index in [1.807, 2.05) is 0 Å². The van der Waals surface area contributed by atoms with E-state index in [2.05, 4.69) is 181 Å². The Balaban J connectivity index is 1.28. The Morgan fingerprint density at radius 3 is 1.88 bits per heavy atom. The van der Waals surface area contributed by atoms with Gasteiger partial charge in [0.25, 0.3) is 0 Å². The van der Waals surface area contributed by atoms with Gasteiger partial charge in [-0.15, -0.1) is 0 Å². The zero-order chi connectivity index (χ0) is 32.3. The van der Waals surface area contributed by atoms with Crippen LogP contribution in [0.5, 0.6) is 0 Å². The number of nitrogens with zero attached hydrogens (tertiary/aromatic N) is 1. The monoisotopic (exact) mass is 623 g/mol. The van der Waals surface area contributed by atoms with Gasteiger partial charge in [-0.05, 0) is 92.0 Å². The highest BCUT2D eigenvalue weighted by Gasteiger charge is 2.21. The lowest BCUT2D eigenvalue weighted by molar-refractivity contribution is 1.04. The van der Waals surface area contributed by atoms with E-state index in [0.717, 1.165) is 12.8 Å². The van der Waals surface area contributed by atoms with Gasteiger partial charge >= 0.3 is 0 Å². The number of aromatic nitrogens is 1. The summed E-state index contributed by atoms with van der Waals surface area (Å²) in [5.41, 5.74) is 11.2. The second kappa shape index (κ2) is 11.2. The molecule has 0 N–H and O–H groups in total. The van der Waals surface area contributed by atoms with E-state index < -0.39 is 0 Å². The maximum atomic E-state index is 2.50. The first-order chi connectivity index (χ1) is 24.3. The largest absolute Gasteiger partial charge is 0.309 e. The van der Waals surface area contributed by atoms with Crippen molar-refractivity contribution < 1.29 is 0 Å². The molecule has 0 atom stereocenters. The first-order valence-electron chi connectivity index (χ1n) is 17.3. The quantitative estimate of drug-likeness (QED) is 0.172. The molecule has 0 radical (unpaired) electrons. The second-order valence-electron chi connectivity index (χ2n) is 13.1. The molecule has 1 nitrogen and oxygen atoms in total. The Kier molecular flexibility index (Phi) is 6.38. The second-order valence-corrected chi connectivity index (χ2v) is 13.1. The van der Waals surface area contributed by atoms with E-state index in [0.29, 0.717) is 0 Å². The fourth-order valence-electron chi connectivity index (χ4n) is 8.16. The average Bonchev–Trinajstić information content (AvgIpc) is 3.54. The Bertz CT molecular complexity index is 2790. The average molecular weight is 624 g/mol. The summed E-state index contributed by atoms with van der Waals surface area (Å²) in [6.07, 6.45) is 9.12. The van der Waals surface area contributed by atoms with Crippen molar-refractivity contribution in [2.45, 2.75) is 12.8 Å². The SMILES string of the molecule is C1=CC(c2ccc(-c3cccc(-n4c5ccccc5c5c6c7ccccc7c(-c7ccccc7)cc6c6ccccc6c54)c3)cc2)=CCC1. The maximum absolute atomic E-state index is 2.50. The van der Waals surface area contributed by atoms with E-state index in [4.69, 9.17) is 0 Å². The number of fused-ring (bicyclic) bond motifs is 10. The Morgan fingerprint density at radius 2 is 1.08 bits per heavy atom. The van der Waals surface area contributed by atoms with Crippen molar-refractivity contribution in [3.8, 4) is 27.9 Å². The first kappa shape index (κ1) is 27.9. The van der Waals surface area contributed by atoms with Gasteiger partial charge in [-0.3, -0.25) is 0 Å². The number of hydrogen-bond donors (Lipinski definition) is 0. The van der Waals surface area contributed by atoms with Crippen molar-refractivity contribution in [2.24, 2.45) is 0 Å². The van der Waals surface area contributed by atoms with Crippen LogP contribution in [0, 0.1) is 0 Å². The van der Waals surface area contributed by atoms with Gasteiger partial charge in [-0.1, -0.05) is 152 Å². The molecule has 1 aliphatic rings. The van der Waals surface area contributed by atoms with Gasteiger partial charge in [0.1, 0.15) is 0 Å². The summed E-state index contributed by atoms with van der Waals surface area (Å²) < 4.78 is 2.50. The molecule has 1 heteroatoms. The third-order valence-electron chi connectivity index (χ3n) is 10.4. The Labute approximate surface area is 285 Å². The molecule has 8 aromatic carbocycles. The topological polar surface area (TPSA) is 4.93 Å². The third-order valence-corrected chi connectivity index (χ3v) is 10.4. The van der Waals surface area contributed by atoms with Gasteiger partial charge in [0, 0.05) is 27.2 Å². The standard InChI is InChI=1S/C48H33N/c1-3-14-32(15-4-1)33-26-28-34(29-27-33)36-18-13-19-37(30-36)49-45-25-12-11-24-42(45)47-46-40-22-9-7-20-38(40)43(35-16-5-2-6-17-35)31-44(46)39-21-8-10-23-41(39)48(47)49/h2-3,5-31H,1,4H2. The third kappa shape index (κ3) is 4.40. The molecular formula is C48H33N. The predicted molar refractivity (Wildman–Crippen MR) is 211 cm³/mol. The van der Waals surface area contributed by atoms with Gasteiger partial charge in [0.2, 0.25) is 0 Å². The van der Waals surface area contributed by atoms with Crippen molar-refractivity contribution in [3.63, 3.8) is 0 Å². The molecule has 0 spiro atoms. The van der Waals surface area contributed by atoms with Gasteiger partial charge in [-0.2, -0.15) is 0 Å². The molecule has 1 aliphatic carbocycles. The summed E-state index contributed by atoms with van der Waals surface area (Å²) in [5, 5.41) is 10.3. The summed E-state index contributed by atoms with van der Waals surface area (Å²) in [6.45, 7) is 0. The molecule has 0 saturated heterocycles. The molecule has 0 bridgehead atoms. The van der Waals surface area contributed by atoms with Gasteiger partial charge in [0.15, 0.2) is 0 Å². The molecule has 230 valence electrons. The van der Waals surface area contributed by atoms with Gasteiger partial charge in [0.05, 0.1) is 11.0 Å². The van der Waals surface area contributed by atoms with Gasteiger partial charge in [-0.25, -0.2) is 0 Å². The molecule has 1 heterocycles. The summed E-state index contributed by atoms with van der Waals surface area (Å²) >= 11 is 0. The van der Waals surface area contributed by atoms with Crippen LogP contribution in [-0.4, -0.2) is 4.57 Å². The summed E-state index contributed by atoms with van der Waals surface area (Å²) in [6, 6.07) is 58.2. The van der Waals surface area contributed by atoms with Crippen molar-refractivity contribution in [2.75, 3.05) is 0 Å². The number of allylic oxidation sites excluding steroid dienone is 4. The van der Waals surface area contributed by atoms with Crippen LogP contribution >= 0.6 is 0 Å². The minimum atomic E-state index is 1.11. The van der Waals surface area contributed by atoms with Crippen molar-refractivity contribution in [1.82, 2.24) is 4.57 Å². The van der Waals surface area contributed by atoms with E-state index in [9.17, 15) is 0 Å². The Morgan fingerprint density at radius 1 is 0.408 bits per heavy atom. The van der Waals surface area contributed by atoms with Crippen LogP contribution in [0.4, 0.5) is 0 Å². The fraction of sp³-hybridized carbons (Fsp3) is 0.0417. The zero-order valence-corrected chi connectivity index (χ0v) is 27.1. The molecular weight excluding hydrogens is 591 g/mol. The van der Waals surface area contributed by atoms with E-state index in [1.165, 1.54) is 93.2 Å². The predicted octanol–water partition coefficient (Wildman–Crippen LogP) is 13.3. The normalized spacial score (nSPS) is 13.2. The van der Waals surface area contributed by atoms with Crippen LogP contribution < -0.4 is 0 Å². The highest BCUT2D eigenvalue weighted by Crippen LogP contribution is 2.47. The lowest BCUT2D eigenvalue weighted by atomic mass is 9.88. The minimum Gasteiger partial charge on any atom is -0.309 e. The van der Waals surface area contributed by atoms with E-state index in [1.54, 1.807) is 0 Å². The Hall–Kier alpha value is -6.18. The number of hydrogen-bond acceptors (Lipinski definition) is 0. The summed E-state index contributed by atoms with van der Waals surface area (Å²) in [7, 11) is 0. The summed E-state index contributed by atoms with van der Waals surface area (Å²) in [5.74, 6) is 0. The fourth-order valence-corrected chi connectivity index (χ4v) is 8.16. The lowest BCUT2D eigenvalue weighted by Crippen LogP contribution is -1.96. The number of para-hydroxylation sites is 1. The van der Waals surface area contributed by atoms with Crippen molar-refractivity contribution in [3.05, 3.63) is 182 Å². The molecule has 0 unspecified atom stereocenters. The highest BCUT2D eigenvalue weighted by atomic mass is 15.0. The molecule has 49 heavy (non-hydrogen) atoms. The van der Waals surface area contributed by atoms with Crippen molar-refractivity contribution in [1.29, 1.82) is 0 Å². The molecule has 10 rings (SSSR count). The highest BCUT2D eigenvalue weighted by molar-refractivity contribution is 6.38. The molecule has 9 aromatic rings. The number of benzene rings is 8. The summed E-state index contributed by atoms with van der Waals surface area (Å²) in [4.78, 5) is 0. The minimum absolute atomic E-state index is 1.11. The number of rotatable bonds is 4. The van der Waals surface area contributed by atoms with Crippen LogP contribution in [0.15, 0.2) is 176 Å². The molecule has 1 aromatic heterocycles. The van der Waals surface area contributed by atoms with Gasteiger partial charge < -0.3 is 4.57 Å². The lowest BCUT2D eigenvalue weighted by Gasteiger charge is -2.16.